The van der Waals surface area contributed by atoms with Crippen LogP contribution in [0.1, 0.15) is 41.5 Å². The quantitative estimate of drug-likeness (QED) is 0.127. The van der Waals surface area contributed by atoms with Gasteiger partial charge in [0.2, 0.25) is 0 Å². The topological polar surface area (TPSA) is 140 Å². The number of carboxylic acid groups (broad SMARTS) is 1. The molecule has 0 spiro atoms. The van der Waals surface area contributed by atoms with Gasteiger partial charge in [0.05, 0.1) is 5.88 Å². The van der Waals surface area contributed by atoms with Crippen molar-refractivity contribution in [3.63, 3.8) is 0 Å². The number of esters is 1. The zero-order valence-corrected chi connectivity index (χ0v) is 20.9. The molecule has 0 rings (SSSR count). The molecule has 0 aromatic carbocycles. The lowest BCUT2D eigenvalue weighted by Gasteiger charge is -2.23. The minimum absolute atomic E-state index is 0.00483. The summed E-state index contributed by atoms with van der Waals surface area (Å²) < 4.78 is 15.2. The lowest BCUT2D eigenvalue weighted by molar-refractivity contribution is -0.145. The van der Waals surface area contributed by atoms with E-state index in [1.165, 1.54) is 0 Å². The highest BCUT2D eigenvalue weighted by molar-refractivity contribution is 8.76. The number of hydrogen-bond acceptors (Lipinski definition) is 9. The summed E-state index contributed by atoms with van der Waals surface area (Å²) in [7, 11) is 2.23. The summed E-state index contributed by atoms with van der Waals surface area (Å²) in [6.45, 7) is 10.0. The second-order valence-corrected chi connectivity index (χ2v) is 11.1. The molecule has 2 atom stereocenters. The first-order chi connectivity index (χ1) is 14.1. The van der Waals surface area contributed by atoms with Gasteiger partial charge >= 0.3 is 24.1 Å². The number of nitrogens with one attached hydrogen (secondary N) is 2. The van der Waals surface area contributed by atoms with E-state index in [1.54, 1.807) is 41.5 Å². The molecule has 0 aromatic heterocycles. The molecule has 0 aliphatic heterocycles. The Labute approximate surface area is 195 Å². The van der Waals surface area contributed by atoms with Gasteiger partial charge < -0.3 is 30.0 Å². The van der Waals surface area contributed by atoms with Gasteiger partial charge in [-0.1, -0.05) is 21.6 Å². The molecule has 0 aliphatic carbocycles. The van der Waals surface area contributed by atoms with Crippen LogP contribution in [-0.2, 0) is 23.8 Å². The SMILES string of the molecule is CC(C)(C)OC(=O)N[C@@H](CSSC[C@H](NC(=O)OC(C)(C)C)C(=O)OCCCl)C(=O)O. The average molecular weight is 503 g/mol. The van der Waals surface area contributed by atoms with Crippen LogP contribution in [0.4, 0.5) is 9.59 Å². The maximum absolute atomic E-state index is 12.2. The minimum atomic E-state index is -1.23. The van der Waals surface area contributed by atoms with Crippen molar-refractivity contribution in [1.82, 2.24) is 10.6 Å². The number of alkyl halides is 1. The Hall–Kier alpha value is -1.53. The Balaban J connectivity index is 4.77. The van der Waals surface area contributed by atoms with Crippen molar-refractivity contribution in [3.8, 4) is 0 Å². The molecule has 10 nitrogen and oxygen atoms in total. The Bertz CT molecular complexity index is 623. The fourth-order valence-corrected chi connectivity index (χ4v) is 4.10. The minimum Gasteiger partial charge on any atom is -0.480 e. The van der Waals surface area contributed by atoms with E-state index in [4.69, 9.17) is 25.8 Å². The zero-order valence-electron chi connectivity index (χ0n) is 18.5. The van der Waals surface area contributed by atoms with Crippen molar-refractivity contribution in [1.29, 1.82) is 0 Å². The first-order valence-electron chi connectivity index (χ1n) is 9.33. The first kappa shape index (κ1) is 29.5. The van der Waals surface area contributed by atoms with Crippen LogP contribution < -0.4 is 10.6 Å². The van der Waals surface area contributed by atoms with Crippen molar-refractivity contribution in [3.05, 3.63) is 0 Å². The summed E-state index contributed by atoms with van der Waals surface area (Å²) in [4.78, 5) is 47.3. The van der Waals surface area contributed by atoms with Crippen LogP contribution >= 0.6 is 33.2 Å². The van der Waals surface area contributed by atoms with Crippen molar-refractivity contribution >= 4 is 57.3 Å². The van der Waals surface area contributed by atoms with Gasteiger partial charge in [0.1, 0.15) is 29.9 Å². The van der Waals surface area contributed by atoms with Gasteiger partial charge in [0, 0.05) is 11.5 Å². The summed E-state index contributed by atoms with van der Waals surface area (Å²) in [5, 5.41) is 14.0. The predicted octanol–water partition coefficient (Wildman–Crippen LogP) is 3.02. The zero-order chi connectivity index (χ0) is 24.2. The standard InChI is InChI=1S/C18H31ClN2O8S2/c1-17(2,3)28-15(25)20-11(13(22)23)9-30-31-10-12(14(24)27-8-7-19)21-16(26)29-18(4,5)6/h11-12H,7-10H2,1-6H3,(H,20,25)(H,21,26)(H,22,23)/t11-,12-/m0/s1. The molecule has 180 valence electrons. The molecule has 0 saturated heterocycles. The molecule has 13 heteroatoms. The number of alkyl carbamates (subject to hydrolysis) is 2. The molecular formula is C18H31ClN2O8S2. The van der Waals surface area contributed by atoms with E-state index in [0.717, 1.165) is 21.6 Å². The van der Waals surface area contributed by atoms with Crippen LogP contribution in [0, 0.1) is 0 Å². The number of aliphatic carboxylic acids is 1. The third kappa shape index (κ3) is 15.9. The van der Waals surface area contributed by atoms with E-state index in [-0.39, 0.29) is 24.0 Å². The molecule has 0 heterocycles. The highest BCUT2D eigenvalue weighted by atomic mass is 35.5. The lowest BCUT2D eigenvalue weighted by Crippen LogP contribution is -2.46. The number of amides is 2. The molecule has 0 fully saturated rings. The highest BCUT2D eigenvalue weighted by Gasteiger charge is 2.27. The second kappa shape index (κ2) is 13.8. The van der Waals surface area contributed by atoms with Crippen LogP contribution in [0.15, 0.2) is 0 Å². The number of ether oxygens (including phenoxy) is 3. The number of carbonyl (C=O) groups is 4. The lowest BCUT2D eigenvalue weighted by atomic mass is 10.2. The summed E-state index contributed by atoms with van der Waals surface area (Å²) in [5.41, 5.74) is -1.52. The van der Waals surface area contributed by atoms with Gasteiger partial charge in [-0.3, -0.25) is 0 Å². The van der Waals surface area contributed by atoms with Gasteiger partial charge in [-0.05, 0) is 41.5 Å². The average Bonchev–Trinajstić information content (AvgIpc) is 2.57. The van der Waals surface area contributed by atoms with Gasteiger partial charge in [0.15, 0.2) is 0 Å². The number of carboxylic acids is 1. The number of carbonyl (C=O) groups excluding carboxylic acids is 3. The molecule has 0 aromatic rings. The molecule has 2 amide bonds. The van der Waals surface area contributed by atoms with Crippen molar-refractivity contribution in [2.75, 3.05) is 24.0 Å². The van der Waals surface area contributed by atoms with Crippen LogP contribution in [-0.4, -0.2) is 76.5 Å². The third-order valence-electron chi connectivity index (χ3n) is 2.84. The van der Waals surface area contributed by atoms with Crippen LogP contribution in [0.5, 0.6) is 0 Å². The summed E-state index contributed by atoms with van der Waals surface area (Å²) in [6, 6.07) is -2.23. The predicted molar refractivity (Wildman–Crippen MR) is 121 cm³/mol. The summed E-state index contributed by atoms with van der Waals surface area (Å²) in [6.07, 6.45) is -1.64. The Morgan fingerprint density at radius 3 is 1.68 bits per heavy atom. The Kier molecular flexibility index (Phi) is 13.1. The van der Waals surface area contributed by atoms with Gasteiger partial charge in [0.25, 0.3) is 0 Å². The van der Waals surface area contributed by atoms with E-state index >= 15 is 0 Å². The number of halogens is 1. The van der Waals surface area contributed by atoms with Crippen LogP contribution in [0.3, 0.4) is 0 Å². The smallest absolute Gasteiger partial charge is 0.408 e. The molecule has 0 aliphatic rings. The van der Waals surface area contributed by atoms with E-state index in [1.807, 2.05) is 0 Å². The molecule has 31 heavy (non-hydrogen) atoms. The Morgan fingerprint density at radius 2 is 1.29 bits per heavy atom. The molecule has 3 N–H and O–H groups in total. The normalized spacial score (nSPS) is 13.5. The molecule has 0 bridgehead atoms. The van der Waals surface area contributed by atoms with E-state index in [9.17, 15) is 24.3 Å². The monoisotopic (exact) mass is 502 g/mol. The maximum atomic E-state index is 12.2. The van der Waals surface area contributed by atoms with Gasteiger partial charge in [-0.25, -0.2) is 19.2 Å². The second-order valence-electron chi connectivity index (χ2n) is 8.16. The number of rotatable bonds is 11. The largest absolute Gasteiger partial charge is 0.480 e. The Morgan fingerprint density at radius 1 is 0.871 bits per heavy atom. The highest BCUT2D eigenvalue weighted by Crippen LogP contribution is 2.24. The molecule has 0 radical (unpaired) electrons. The van der Waals surface area contributed by atoms with Crippen molar-refractivity contribution in [2.24, 2.45) is 0 Å². The molecule has 0 unspecified atom stereocenters. The first-order valence-corrected chi connectivity index (χ1v) is 12.4. The number of hydrogen-bond donors (Lipinski definition) is 3. The van der Waals surface area contributed by atoms with Gasteiger partial charge in [-0.2, -0.15) is 0 Å². The summed E-state index contributed by atoms with van der Waals surface area (Å²) >= 11 is 5.52. The fourth-order valence-electron chi connectivity index (χ4n) is 1.72. The van der Waals surface area contributed by atoms with Crippen molar-refractivity contribution in [2.45, 2.75) is 64.8 Å². The molecular weight excluding hydrogens is 472 g/mol. The van der Waals surface area contributed by atoms with Crippen molar-refractivity contribution < 1.29 is 38.5 Å². The molecule has 0 saturated carbocycles. The maximum Gasteiger partial charge on any atom is 0.408 e. The fraction of sp³-hybridized carbons (Fsp3) is 0.778. The van der Waals surface area contributed by atoms with Gasteiger partial charge in [-0.15, -0.1) is 11.6 Å². The van der Waals surface area contributed by atoms with E-state index in [0.29, 0.717) is 0 Å². The van der Waals surface area contributed by atoms with Crippen LogP contribution in [0.25, 0.3) is 0 Å². The van der Waals surface area contributed by atoms with E-state index < -0.39 is 47.4 Å². The third-order valence-corrected chi connectivity index (χ3v) is 5.42. The van der Waals surface area contributed by atoms with Crippen LogP contribution in [0.2, 0.25) is 0 Å². The summed E-state index contributed by atoms with van der Waals surface area (Å²) in [5.74, 6) is -1.76. The van der Waals surface area contributed by atoms with E-state index in [2.05, 4.69) is 10.6 Å².